The Morgan fingerprint density at radius 2 is 1.50 bits per heavy atom. The van der Waals surface area contributed by atoms with Crippen LogP contribution in [0.5, 0.6) is 0 Å². The number of nitrogens with zero attached hydrogens (tertiary/aromatic N) is 1. The number of sulfonamides is 1. The Morgan fingerprint density at radius 3 is 2.12 bits per heavy atom. The monoisotopic (exact) mass is 380 g/mol. The molecular weight excluding hydrogens is 352 g/mol. The molecule has 7 heteroatoms. The van der Waals surface area contributed by atoms with Gasteiger partial charge in [0.2, 0.25) is 10.0 Å². The summed E-state index contributed by atoms with van der Waals surface area (Å²) in [6.45, 7) is 1.16. The second kappa shape index (κ2) is 8.86. The highest BCUT2D eigenvalue weighted by atomic mass is 32.2. The molecule has 3 rings (SSSR count). The summed E-state index contributed by atoms with van der Waals surface area (Å²) in [6, 6.07) is 6.33. The topological polar surface area (TPSA) is 75.7 Å². The molecular formula is C19H28N2O4S. The zero-order valence-corrected chi connectivity index (χ0v) is 16.0. The van der Waals surface area contributed by atoms with Crippen molar-refractivity contribution in [3.05, 3.63) is 24.3 Å². The normalized spacial score (nSPS) is 20.3. The minimum absolute atomic E-state index is 0.0174. The van der Waals surface area contributed by atoms with Gasteiger partial charge in [-0.3, -0.25) is 5.32 Å². The number of carbonyl (C=O) groups excluding carboxylic acids is 1. The molecule has 1 amide bonds. The summed E-state index contributed by atoms with van der Waals surface area (Å²) in [5, 5.41) is 2.70. The molecule has 0 bridgehead atoms. The van der Waals surface area contributed by atoms with Crippen LogP contribution in [0.25, 0.3) is 0 Å². The highest BCUT2D eigenvalue weighted by Crippen LogP contribution is 2.23. The molecule has 1 heterocycles. The fraction of sp³-hybridized carbons (Fsp3) is 0.632. The number of amides is 1. The summed E-state index contributed by atoms with van der Waals surface area (Å²) in [7, 11) is -3.44. The Kier molecular flexibility index (Phi) is 6.53. The third-order valence-electron chi connectivity index (χ3n) is 5.13. The van der Waals surface area contributed by atoms with Gasteiger partial charge >= 0.3 is 6.09 Å². The van der Waals surface area contributed by atoms with Gasteiger partial charge in [0.25, 0.3) is 0 Å². The number of rotatable bonds is 4. The van der Waals surface area contributed by atoms with E-state index in [-0.39, 0.29) is 11.0 Å². The van der Waals surface area contributed by atoms with Crippen LogP contribution in [0.2, 0.25) is 0 Å². The van der Waals surface area contributed by atoms with E-state index in [1.807, 2.05) is 0 Å². The molecule has 6 nitrogen and oxygen atoms in total. The van der Waals surface area contributed by atoms with Gasteiger partial charge in [0.15, 0.2) is 0 Å². The van der Waals surface area contributed by atoms with E-state index < -0.39 is 16.1 Å². The third-order valence-corrected chi connectivity index (χ3v) is 7.04. The van der Waals surface area contributed by atoms with Crippen LogP contribution in [0.4, 0.5) is 10.5 Å². The molecule has 0 spiro atoms. The van der Waals surface area contributed by atoms with Gasteiger partial charge in [-0.15, -0.1) is 0 Å². The zero-order chi connectivity index (χ0) is 18.4. The van der Waals surface area contributed by atoms with Gasteiger partial charge in [-0.1, -0.05) is 19.3 Å². The fourth-order valence-electron chi connectivity index (χ4n) is 3.62. The van der Waals surface area contributed by atoms with Crippen molar-refractivity contribution in [3.63, 3.8) is 0 Å². The molecule has 0 atom stereocenters. The zero-order valence-electron chi connectivity index (χ0n) is 15.2. The Balaban J connectivity index is 1.57. The van der Waals surface area contributed by atoms with Gasteiger partial charge in [0, 0.05) is 18.8 Å². The van der Waals surface area contributed by atoms with E-state index in [2.05, 4.69) is 5.32 Å². The number of nitrogens with one attached hydrogen (secondary N) is 1. The van der Waals surface area contributed by atoms with Crippen LogP contribution in [0, 0.1) is 0 Å². The van der Waals surface area contributed by atoms with E-state index in [0.717, 1.165) is 44.9 Å². The van der Waals surface area contributed by atoms with E-state index in [0.29, 0.717) is 18.8 Å². The fourth-order valence-corrected chi connectivity index (χ4v) is 5.14. The lowest BCUT2D eigenvalue weighted by atomic mass is 10.2. The molecule has 1 aromatic rings. The molecule has 1 saturated heterocycles. The smallest absolute Gasteiger partial charge is 0.411 e. The van der Waals surface area contributed by atoms with Crippen LogP contribution < -0.4 is 5.32 Å². The Labute approximate surface area is 156 Å². The van der Waals surface area contributed by atoms with Crippen LogP contribution in [0.3, 0.4) is 0 Å². The van der Waals surface area contributed by atoms with Crippen molar-refractivity contribution in [1.82, 2.24) is 4.31 Å². The highest BCUT2D eigenvalue weighted by molar-refractivity contribution is 7.89. The summed E-state index contributed by atoms with van der Waals surface area (Å²) >= 11 is 0. The number of hydrogen-bond acceptors (Lipinski definition) is 4. The molecule has 144 valence electrons. The second-order valence-electron chi connectivity index (χ2n) is 7.13. The highest BCUT2D eigenvalue weighted by Gasteiger charge is 2.25. The maximum absolute atomic E-state index is 12.6. The Bertz CT molecular complexity index is 689. The number of anilines is 1. The lowest BCUT2D eigenvalue weighted by Gasteiger charge is -2.25. The van der Waals surface area contributed by atoms with Gasteiger partial charge < -0.3 is 4.74 Å². The van der Waals surface area contributed by atoms with Crippen LogP contribution >= 0.6 is 0 Å². The summed E-state index contributed by atoms with van der Waals surface area (Å²) in [4.78, 5) is 12.3. The first-order valence-electron chi connectivity index (χ1n) is 9.63. The first-order valence-corrected chi connectivity index (χ1v) is 11.1. The SMILES string of the molecule is O=C(Nc1ccc(S(=O)(=O)N2CCCCC2)cc1)OC1CCCCCC1. The van der Waals surface area contributed by atoms with E-state index >= 15 is 0 Å². The minimum atomic E-state index is -3.44. The van der Waals surface area contributed by atoms with Crippen molar-refractivity contribution in [3.8, 4) is 0 Å². The molecule has 1 N–H and O–H groups in total. The van der Waals surface area contributed by atoms with Crippen molar-refractivity contribution in [2.45, 2.75) is 68.8 Å². The van der Waals surface area contributed by atoms with E-state index in [9.17, 15) is 13.2 Å². The summed E-state index contributed by atoms with van der Waals surface area (Å²) < 4.78 is 32.3. The number of benzene rings is 1. The molecule has 0 unspecified atom stereocenters. The molecule has 0 radical (unpaired) electrons. The van der Waals surface area contributed by atoms with Crippen LogP contribution in [-0.2, 0) is 14.8 Å². The van der Waals surface area contributed by atoms with E-state index in [1.54, 1.807) is 28.6 Å². The van der Waals surface area contributed by atoms with Crippen molar-refractivity contribution < 1.29 is 17.9 Å². The molecule has 1 saturated carbocycles. The predicted octanol–water partition coefficient (Wildman–Crippen LogP) is 4.13. The molecule has 2 aliphatic rings. The molecule has 1 aliphatic carbocycles. The van der Waals surface area contributed by atoms with Crippen molar-refractivity contribution in [1.29, 1.82) is 0 Å². The summed E-state index contributed by atoms with van der Waals surface area (Å²) in [5.74, 6) is 0. The number of carbonyl (C=O) groups is 1. The maximum Gasteiger partial charge on any atom is 0.411 e. The quantitative estimate of drug-likeness (QED) is 0.797. The Morgan fingerprint density at radius 1 is 0.923 bits per heavy atom. The van der Waals surface area contributed by atoms with E-state index in [4.69, 9.17) is 4.74 Å². The largest absolute Gasteiger partial charge is 0.446 e. The van der Waals surface area contributed by atoms with Crippen molar-refractivity contribution in [2.24, 2.45) is 0 Å². The van der Waals surface area contributed by atoms with Crippen LogP contribution in [-0.4, -0.2) is 38.0 Å². The minimum Gasteiger partial charge on any atom is -0.446 e. The molecule has 0 aromatic heterocycles. The van der Waals surface area contributed by atoms with Gasteiger partial charge in [-0.05, 0) is 62.8 Å². The first kappa shape index (κ1) is 19.2. The standard InChI is InChI=1S/C19H28N2O4S/c22-19(25-17-8-4-1-2-5-9-17)20-16-10-12-18(13-11-16)26(23,24)21-14-6-3-7-15-21/h10-13,17H,1-9,14-15H2,(H,20,22). The first-order chi connectivity index (χ1) is 12.6. The van der Waals surface area contributed by atoms with Gasteiger partial charge in [-0.2, -0.15) is 4.31 Å². The second-order valence-corrected chi connectivity index (χ2v) is 9.07. The van der Waals surface area contributed by atoms with Gasteiger partial charge in [-0.25, -0.2) is 13.2 Å². The third kappa shape index (κ3) is 4.98. The van der Waals surface area contributed by atoms with Crippen LogP contribution in [0.1, 0.15) is 57.8 Å². The van der Waals surface area contributed by atoms with Gasteiger partial charge in [0.1, 0.15) is 6.10 Å². The lowest BCUT2D eigenvalue weighted by Crippen LogP contribution is -2.35. The summed E-state index contributed by atoms with van der Waals surface area (Å²) in [5.41, 5.74) is 0.543. The summed E-state index contributed by atoms with van der Waals surface area (Å²) in [6.07, 6.45) is 8.85. The van der Waals surface area contributed by atoms with E-state index in [1.165, 1.54) is 12.8 Å². The molecule has 26 heavy (non-hydrogen) atoms. The van der Waals surface area contributed by atoms with Gasteiger partial charge in [0.05, 0.1) is 4.90 Å². The van der Waals surface area contributed by atoms with Crippen molar-refractivity contribution in [2.75, 3.05) is 18.4 Å². The lowest BCUT2D eigenvalue weighted by molar-refractivity contribution is 0.101. The average molecular weight is 381 g/mol. The number of ether oxygens (including phenoxy) is 1. The Hall–Kier alpha value is -1.60. The number of hydrogen-bond donors (Lipinski definition) is 1. The average Bonchev–Trinajstić information content (AvgIpc) is 2.91. The molecule has 1 aromatic carbocycles. The molecule has 1 aliphatic heterocycles. The van der Waals surface area contributed by atoms with Crippen molar-refractivity contribution >= 4 is 21.8 Å². The predicted molar refractivity (Wildman–Crippen MR) is 101 cm³/mol. The maximum atomic E-state index is 12.6. The molecule has 2 fully saturated rings. The number of piperidine rings is 1. The van der Waals surface area contributed by atoms with Crippen LogP contribution in [0.15, 0.2) is 29.2 Å².